The van der Waals surface area contributed by atoms with E-state index >= 15 is 0 Å². The number of fused-ring (bicyclic) bond motifs is 1. The number of aryl methyl sites for hydroxylation is 1. The first-order valence-corrected chi connectivity index (χ1v) is 12.9. The molecule has 0 saturated carbocycles. The average Bonchev–Trinajstić information content (AvgIpc) is 3.19. The second kappa shape index (κ2) is 10.4. The van der Waals surface area contributed by atoms with Crippen molar-refractivity contribution in [2.24, 2.45) is 0 Å². The van der Waals surface area contributed by atoms with E-state index in [9.17, 15) is 14.4 Å². The molecule has 184 valence electrons. The number of carbonyl (C=O) groups excluding carboxylic acids is 3. The number of nitrogens with one attached hydrogen (secondary N) is 1. The number of unbranched alkanes of at least 4 members (excludes halogenated alkanes) is 1. The van der Waals surface area contributed by atoms with Crippen molar-refractivity contribution in [2.45, 2.75) is 44.7 Å². The van der Waals surface area contributed by atoms with Gasteiger partial charge in [0.15, 0.2) is 0 Å². The Labute approximate surface area is 211 Å². The molecule has 0 aromatic heterocycles. The van der Waals surface area contributed by atoms with Crippen LogP contribution < -0.4 is 10.2 Å². The Morgan fingerprint density at radius 2 is 1.77 bits per heavy atom. The highest BCUT2D eigenvalue weighted by Crippen LogP contribution is 2.30. The molecule has 1 atom stereocenters. The molecule has 35 heavy (non-hydrogen) atoms. The van der Waals surface area contributed by atoms with Gasteiger partial charge in [-0.05, 0) is 67.6 Å². The SMILES string of the molecule is O=C1CCC(N2Cc3c(CCCCN4CCN(c5cccc(Cl)c5)CC4)cccc3C2=O)C(=O)N1. The van der Waals surface area contributed by atoms with Crippen LogP contribution in [-0.4, -0.2) is 66.3 Å². The van der Waals surface area contributed by atoms with Gasteiger partial charge < -0.3 is 9.80 Å². The van der Waals surface area contributed by atoms with Crippen molar-refractivity contribution in [1.29, 1.82) is 0 Å². The standard InChI is InChI=1S/C27H31ClN4O3/c28-20-7-4-8-21(17-20)31-15-13-30(14-16-31)12-2-1-5-19-6-3-9-22-23(19)18-32(27(22)35)24-10-11-25(33)29-26(24)34/h3-4,6-9,17,24H,1-2,5,10-16,18H2,(H,29,33,34). The predicted octanol–water partition coefficient (Wildman–Crippen LogP) is 3.25. The number of piperidine rings is 1. The fourth-order valence-corrected chi connectivity index (χ4v) is 5.62. The van der Waals surface area contributed by atoms with Gasteiger partial charge in [0, 0.05) is 55.4 Å². The molecule has 3 aliphatic rings. The summed E-state index contributed by atoms with van der Waals surface area (Å²) in [5, 5.41) is 3.15. The lowest BCUT2D eigenvalue weighted by Gasteiger charge is -2.36. The van der Waals surface area contributed by atoms with Crippen LogP contribution in [0.3, 0.4) is 0 Å². The van der Waals surface area contributed by atoms with Crippen LogP contribution in [0.4, 0.5) is 5.69 Å². The zero-order valence-corrected chi connectivity index (χ0v) is 20.6. The lowest BCUT2D eigenvalue weighted by molar-refractivity contribution is -0.136. The monoisotopic (exact) mass is 494 g/mol. The Morgan fingerprint density at radius 3 is 2.54 bits per heavy atom. The third kappa shape index (κ3) is 5.21. The van der Waals surface area contributed by atoms with Crippen LogP contribution >= 0.6 is 11.6 Å². The number of carbonyl (C=O) groups is 3. The molecule has 3 amide bonds. The molecule has 3 heterocycles. The first-order valence-electron chi connectivity index (χ1n) is 12.5. The molecule has 1 N–H and O–H groups in total. The molecule has 8 heteroatoms. The van der Waals surface area contributed by atoms with Crippen molar-refractivity contribution in [1.82, 2.24) is 15.1 Å². The van der Waals surface area contributed by atoms with Gasteiger partial charge >= 0.3 is 0 Å². The number of rotatable bonds is 7. The van der Waals surface area contributed by atoms with Crippen molar-refractivity contribution in [3.05, 3.63) is 64.2 Å². The fourth-order valence-electron chi connectivity index (χ4n) is 5.44. The molecule has 2 fully saturated rings. The number of amides is 3. The number of piperazine rings is 1. The van der Waals surface area contributed by atoms with E-state index < -0.39 is 6.04 Å². The smallest absolute Gasteiger partial charge is 0.255 e. The van der Waals surface area contributed by atoms with Crippen LogP contribution in [0.1, 0.15) is 47.2 Å². The van der Waals surface area contributed by atoms with Crippen LogP contribution in [0.25, 0.3) is 0 Å². The second-order valence-corrected chi connectivity index (χ2v) is 10.0. The number of hydrogen-bond acceptors (Lipinski definition) is 5. The highest BCUT2D eigenvalue weighted by Gasteiger charge is 2.39. The highest BCUT2D eigenvalue weighted by molar-refractivity contribution is 6.30. The summed E-state index contributed by atoms with van der Waals surface area (Å²) in [6.45, 7) is 5.61. The highest BCUT2D eigenvalue weighted by atomic mass is 35.5. The minimum absolute atomic E-state index is 0.103. The minimum atomic E-state index is -0.564. The maximum absolute atomic E-state index is 13.0. The number of halogens is 1. The van der Waals surface area contributed by atoms with Crippen LogP contribution in [0.2, 0.25) is 5.02 Å². The molecule has 0 bridgehead atoms. The third-order valence-electron chi connectivity index (χ3n) is 7.40. The number of nitrogens with zero attached hydrogens (tertiary/aromatic N) is 3. The van der Waals surface area contributed by atoms with Crippen LogP contribution in [0, 0.1) is 0 Å². The van der Waals surface area contributed by atoms with E-state index in [4.69, 9.17) is 11.6 Å². The van der Waals surface area contributed by atoms with Gasteiger partial charge in [0.2, 0.25) is 11.8 Å². The van der Waals surface area contributed by atoms with Gasteiger partial charge in [0.25, 0.3) is 5.91 Å². The van der Waals surface area contributed by atoms with Gasteiger partial charge in [-0.25, -0.2) is 0 Å². The number of imide groups is 1. The lowest BCUT2D eigenvalue weighted by Crippen LogP contribution is -2.52. The van der Waals surface area contributed by atoms with Gasteiger partial charge in [-0.1, -0.05) is 29.8 Å². The molecule has 2 aromatic carbocycles. The molecule has 3 aliphatic heterocycles. The Hall–Kier alpha value is -2.90. The van der Waals surface area contributed by atoms with Gasteiger partial charge in [0.1, 0.15) is 6.04 Å². The fraction of sp³-hybridized carbons (Fsp3) is 0.444. The van der Waals surface area contributed by atoms with Gasteiger partial charge in [-0.15, -0.1) is 0 Å². The van der Waals surface area contributed by atoms with Crippen molar-refractivity contribution < 1.29 is 14.4 Å². The van der Waals surface area contributed by atoms with Gasteiger partial charge in [0.05, 0.1) is 0 Å². The summed E-state index contributed by atoms with van der Waals surface area (Å²) < 4.78 is 0. The Balaban J connectivity index is 1.11. The van der Waals surface area contributed by atoms with Crippen molar-refractivity contribution in [3.8, 4) is 0 Å². The van der Waals surface area contributed by atoms with Crippen molar-refractivity contribution in [2.75, 3.05) is 37.6 Å². The van der Waals surface area contributed by atoms with Crippen LogP contribution in [0.5, 0.6) is 0 Å². The first kappa shape index (κ1) is 23.8. The molecule has 1 unspecified atom stereocenters. The summed E-state index contributed by atoms with van der Waals surface area (Å²) in [7, 11) is 0. The Bertz CT molecular complexity index is 1130. The zero-order chi connectivity index (χ0) is 24.4. The molecule has 2 saturated heterocycles. The molecule has 2 aromatic rings. The van der Waals surface area contributed by atoms with Gasteiger partial charge in [-0.2, -0.15) is 0 Å². The summed E-state index contributed by atoms with van der Waals surface area (Å²) in [6, 6.07) is 13.4. The predicted molar refractivity (Wildman–Crippen MR) is 136 cm³/mol. The van der Waals surface area contributed by atoms with E-state index in [0.29, 0.717) is 18.5 Å². The molecule has 0 aliphatic carbocycles. The van der Waals surface area contributed by atoms with Crippen molar-refractivity contribution in [3.63, 3.8) is 0 Å². The van der Waals surface area contributed by atoms with E-state index in [1.165, 1.54) is 11.3 Å². The Morgan fingerprint density at radius 1 is 0.971 bits per heavy atom. The molecule has 0 radical (unpaired) electrons. The molecular weight excluding hydrogens is 464 g/mol. The second-order valence-electron chi connectivity index (χ2n) is 9.61. The third-order valence-corrected chi connectivity index (χ3v) is 7.63. The van der Waals surface area contributed by atoms with Crippen LogP contribution in [0.15, 0.2) is 42.5 Å². The maximum Gasteiger partial charge on any atom is 0.255 e. The van der Waals surface area contributed by atoms with Gasteiger partial charge in [-0.3, -0.25) is 24.6 Å². The normalized spacial score (nSPS) is 20.8. The number of anilines is 1. The lowest BCUT2D eigenvalue weighted by atomic mass is 9.98. The number of hydrogen-bond donors (Lipinski definition) is 1. The van der Waals surface area contributed by atoms with E-state index in [1.54, 1.807) is 4.90 Å². The Kier molecular flexibility index (Phi) is 7.07. The van der Waals surface area contributed by atoms with E-state index in [2.05, 4.69) is 27.2 Å². The summed E-state index contributed by atoms with van der Waals surface area (Å²) in [6.07, 6.45) is 3.74. The minimum Gasteiger partial charge on any atom is -0.369 e. The summed E-state index contributed by atoms with van der Waals surface area (Å²) >= 11 is 6.14. The molecule has 7 nitrogen and oxygen atoms in total. The van der Waals surface area contributed by atoms with E-state index in [1.807, 2.05) is 30.3 Å². The van der Waals surface area contributed by atoms with Crippen molar-refractivity contribution >= 4 is 35.0 Å². The summed E-state index contributed by atoms with van der Waals surface area (Å²) in [5.41, 5.74) is 4.12. The summed E-state index contributed by atoms with van der Waals surface area (Å²) in [4.78, 5) is 43.4. The zero-order valence-electron chi connectivity index (χ0n) is 19.8. The molecular formula is C27H31ClN4O3. The van der Waals surface area contributed by atoms with Crippen LogP contribution in [-0.2, 0) is 22.6 Å². The molecule has 5 rings (SSSR count). The quantitative estimate of drug-likeness (QED) is 0.472. The first-order chi connectivity index (χ1) is 17.0. The average molecular weight is 495 g/mol. The van der Waals surface area contributed by atoms with E-state index in [-0.39, 0.29) is 24.1 Å². The summed E-state index contributed by atoms with van der Waals surface area (Å²) in [5.74, 6) is -0.727. The molecule has 0 spiro atoms. The maximum atomic E-state index is 13.0. The van der Waals surface area contributed by atoms with E-state index in [0.717, 1.165) is 62.6 Å². The number of benzene rings is 2. The topological polar surface area (TPSA) is 73.0 Å². The largest absolute Gasteiger partial charge is 0.369 e.